The number of benzene rings is 1. The van der Waals surface area contributed by atoms with Gasteiger partial charge in [-0.1, -0.05) is 24.6 Å². The second-order valence-electron chi connectivity index (χ2n) is 7.83. The zero-order valence-corrected chi connectivity index (χ0v) is 19.1. The molecule has 3 rings (SSSR count). The first-order valence-electron chi connectivity index (χ1n) is 10.6. The smallest absolute Gasteiger partial charge is 0.322 e. The minimum atomic E-state index is -3.86. The highest BCUT2D eigenvalue weighted by Crippen LogP contribution is 2.20. The second kappa shape index (κ2) is 11.6. The minimum Gasteiger partial charge on any atom is -0.494 e. The van der Waals surface area contributed by atoms with Gasteiger partial charge in [0.2, 0.25) is 0 Å². The monoisotopic (exact) mass is 466 g/mol. The van der Waals surface area contributed by atoms with Crippen LogP contribution in [0.1, 0.15) is 37.7 Å². The summed E-state index contributed by atoms with van der Waals surface area (Å²) < 4.78 is 32.9. The molecule has 1 unspecified atom stereocenters. The molecule has 1 saturated heterocycles. The van der Waals surface area contributed by atoms with Crippen molar-refractivity contribution in [2.75, 3.05) is 19.7 Å². The van der Waals surface area contributed by atoms with Crippen molar-refractivity contribution in [3.8, 4) is 5.75 Å². The molecule has 0 aliphatic carbocycles. The van der Waals surface area contributed by atoms with Crippen LogP contribution in [0.25, 0.3) is 0 Å². The van der Waals surface area contributed by atoms with Gasteiger partial charge in [0.25, 0.3) is 10.0 Å². The number of rotatable bonds is 12. The van der Waals surface area contributed by atoms with Crippen LogP contribution in [0.5, 0.6) is 5.75 Å². The molecule has 3 N–H and O–H groups in total. The number of carboxylic acids is 1. The highest BCUT2D eigenvalue weighted by Gasteiger charge is 2.26. The average molecular weight is 467 g/mol. The van der Waals surface area contributed by atoms with Crippen molar-refractivity contribution < 1.29 is 23.1 Å². The van der Waals surface area contributed by atoms with Crippen molar-refractivity contribution in [3.63, 3.8) is 0 Å². The average Bonchev–Trinajstić information content (AvgIpc) is 3.31. The zero-order valence-electron chi connectivity index (χ0n) is 17.5. The Morgan fingerprint density at radius 1 is 1.19 bits per heavy atom. The van der Waals surface area contributed by atoms with Gasteiger partial charge < -0.3 is 15.2 Å². The molecule has 7 nitrogen and oxygen atoms in total. The number of nitrogens with one attached hydrogen (secondary N) is 2. The molecule has 0 radical (unpaired) electrons. The van der Waals surface area contributed by atoms with Crippen molar-refractivity contribution in [2.24, 2.45) is 5.92 Å². The van der Waals surface area contributed by atoms with E-state index in [2.05, 4.69) is 10.0 Å². The lowest BCUT2D eigenvalue weighted by Crippen LogP contribution is -2.42. The zero-order chi connectivity index (χ0) is 22.1. The van der Waals surface area contributed by atoms with E-state index in [1.54, 1.807) is 35.7 Å². The van der Waals surface area contributed by atoms with Crippen LogP contribution in [0.4, 0.5) is 0 Å². The van der Waals surface area contributed by atoms with E-state index < -0.39 is 22.0 Å². The molecule has 1 atom stereocenters. The molecule has 9 heteroatoms. The van der Waals surface area contributed by atoms with Crippen LogP contribution in [-0.2, 0) is 21.2 Å². The predicted molar refractivity (Wildman–Crippen MR) is 121 cm³/mol. The lowest BCUT2D eigenvalue weighted by Gasteiger charge is -2.22. The fourth-order valence-corrected chi connectivity index (χ4v) is 5.89. The van der Waals surface area contributed by atoms with E-state index in [-0.39, 0.29) is 10.6 Å². The van der Waals surface area contributed by atoms with Gasteiger partial charge in [0.15, 0.2) is 0 Å². The largest absolute Gasteiger partial charge is 0.494 e. The number of hydrogen-bond donors (Lipinski definition) is 3. The molecule has 1 aromatic carbocycles. The molecule has 0 bridgehead atoms. The first-order chi connectivity index (χ1) is 14.9. The van der Waals surface area contributed by atoms with Gasteiger partial charge in [0.1, 0.15) is 16.0 Å². The third-order valence-corrected chi connectivity index (χ3v) is 8.32. The normalized spacial score (nSPS) is 16.1. The van der Waals surface area contributed by atoms with E-state index in [9.17, 15) is 18.3 Å². The Balaban J connectivity index is 1.44. The van der Waals surface area contributed by atoms with E-state index in [0.717, 1.165) is 54.5 Å². The Bertz CT molecular complexity index is 908. The van der Waals surface area contributed by atoms with Gasteiger partial charge in [-0.25, -0.2) is 8.42 Å². The molecule has 1 aliphatic rings. The maximum atomic E-state index is 12.3. The highest BCUT2D eigenvalue weighted by atomic mass is 32.2. The van der Waals surface area contributed by atoms with Gasteiger partial charge in [-0.15, -0.1) is 11.3 Å². The van der Waals surface area contributed by atoms with Gasteiger partial charge in [-0.3, -0.25) is 4.79 Å². The number of unbranched alkanes of at least 4 members (excludes halogenated alkanes) is 1. The SMILES string of the molecule is O=C(O)C(Cc1ccc(OCCCCC2CCNCC2)cc1)NS(=O)(=O)c1cccs1. The van der Waals surface area contributed by atoms with Crippen molar-refractivity contribution in [3.05, 3.63) is 47.3 Å². The molecular weight excluding hydrogens is 436 g/mol. The topological polar surface area (TPSA) is 105 Å². The Kier molecular flexibility index (Phi) is 8.89. The first kappa shape index (κ1) is 23.7. The number of carboxylic acid groups (broad SMARTS) is 1. The van der Waals surface area contributed by atoms with Crippen molar-refractivity contribution in [1.82, 2.24) is 10.0 Å². The molecule has 170 valence electrons. The van der Waals surface area contributed by atoms with Crippen LogP contribution in [0.3, 0.4) is 0 Å². The number of sulfonamides is 1. The minimum absolute atomic E-state index is 0.0520. The summed E-state index contributed by atoms with van der Waals surface area (Å²) in [5.41, 5.74) is 0.722. The Morgan fingerprint density at radius 3 is 2.58 bits per heavy atom. The molecule has 31 heavy (non-hydrogen) atoms. The first-order valence-corrected chi connectivity index (χ1v) is 13.0. The third-order valence-electron chi connectivity index (χ3n) is 5.45. The highest BCUT2D eigenvalue weighted by molar-refractivity contribution is 7.91. The summed E-state index contributed by atoms with van der Waals surface area (Å²) in [5.74, 6) is 0.353. The molecule has 0 saturated carbocycles. The summed E-state index contributed by atoms with van der Waals surface area (Å²) in [5, 5.41) is 14.5. The summed E-state index contributed by atoms with van der Waals surface area (Å²) in [7, 11) is -3.86. The number of piperidine rings is 1. The van der Waals surface area contributed by atoms with Gasteiger partial charge in [-0.05, 0) is 80.3 Å². The number of aliphatic carboxylic acids is 1. The van der Waals surface area contributed by atoms with E-state index >= 15 is 0 Å². The number of carbonyl (C=O) groups is 1. The van der Waals surface area contributed by atoms with Crippen LogP contribution in [0, 0.1) is 5.92 Å². The standard InChI is InChI=1S/C22H30N2O5S2/c25-22(26)20(24-31(27,28)21-5-3-15-30-21)16-18-6-8-19(9-7-18)29-14-2-1-4-17-10-12-23-13-11-17/h3,5-9,15,17,20,23-24H,1-2,4,10-14,16H2,(H,25,26). The van der Waals surface area contributed by atoms with Gasteiger partial charge in [0, 0.05) is 0 Å². The summed E-state index contributed by atoms with van der Waals surface area (Å²) >= 11 is 1.05. The van der Waals surface area contributed by atoms with Crippen LogP contribution < -0.4 is 14.8 Å². The van der Waals surface area contributed by atoms with Gasteiger partial charge in [0.05, 0.1) is 6.61 Å². The number of ether oxygens (including phenoxy) is 1. The molecule has 2 aromatic rings. The summed E-state index contributed by atoms with van der Waals surface area (Å²) in [4.78, 5) is 11.6. The summed E-state index contributed by atoms with van der Waals surface area (Å²) in [6.07, 6.45) is 6.01. The summed E-state index contributed by atoms with van der Waals surface area (Å²) in [6, 6.07) is 8.98. The Labute approximate surface area is 187 Å². The van der Waals surface area contributed by atoms with Crippen LogP contribution in [0.15, 0.2) is 46.0 Å². The van der Waals surface area contributed by atoms with Crippen LogP contribution >= 0.6 is 11.3 Å². The lowest BCUT2D eigenvalue weighted by atomic mass is 9.93. The molecule has 1 aliphatic heterocycles. The Morgan fingerprint density at radius 2 is 1.94 bits per heavy atom. The molecule has 2 heterocycles. The predicted octanol–water partition coefficient (Wildman–Crippen LogP) is 3.27. The van der Waals surface area contributed by atoms with Gasteiger partial charge >= 0.3 is 5.97 Å². The van der Waals surface area contributed by atoms with Gasteiger partial charge in [-0.2, -0.15) is 4.72 Å². The quantitative estimate of drug-likeness (QED) is 0.415. The fraction of sp³-hybridized carbons (Fsp3) is 0.500. The molecule has 0 spiro atoms. The van der Waals surface area contributed by atoms with E-state index in [0.29, 0.717) is 6.61 Å². The van der Waals surface area contributed by atoms with Crippen molar-refractivity contribution in [2.45, 2.75) is 48.8 Å². The Hall–Kier alpha value is -1.94. The maximum absolute atomic E-state index is 12.3. The van der Waals surface area contributed by atoms with E-state index in [1.165, 1.54) is 25.3 Å². The second-order valence-corrected chi connectivity index (χ2v) is 10.7. The number of thiophene rings is 1. The van der Waals surface area contributed by atoms with Crippen molar-refractivity contribution in [1.29, 1.82) is 0 Å². The summed E-state index contributed by atoms with van der Waals surface area (Å²) in [6.45, 7) is 2.92. The molecular formula is C22H30N2O5S2. The van der Waals surface area contributed by atoms with Crippen LogP contribution in [-0.4, -0.2) is 45.2 Å². The molecule has 1 fully saturated rings. The van der Waals surface area contributed by atoms with Crippen LogP contribution in [0.2, 0.25) is 0 Å². The lowest BCUT2D eigenvalue weighted by molar-refractivity contribution is -0.138. The van der Waals surface area contributed by atoms with Crippen molar-refractivity contribution >= 4 is 27.3 Å². The fourth-order valence-electron chi connectivity index (χ4n) is 3.69. The molecule has 1 aromatic heterocycles. The molecule has 0 amide bonds. The van der Waals surface area contributed by atoms with E-state index in [1.807, 2.05) is 0 Å². The maximum Gasteiger partial charge on any atom is 0.322 e. The third kappa shape index (κ3) is 7.60. The number of hydrogen-bond acceptors (Lipinski definition) is 6. The van der Waals surface area contributed by atoms with E-state index in [4.69, 9.17) is 4.74 Å².